The van der Waals surface area contributed by atoms with E-state index in [0.29, 0.717) is 4.90 Å². The molecule has 1 aromatic rings. The summed E-state index contributed by atoms with van der Waals surface area (Å²) >= 11 is 1.08. The number of nitrogens with one attached hydrogen (secondary N) is 6. The number of nitro benzene ring substituents is 1. The molecule has 0 spiro atoms. The van der Waals surface area contributed by atoms with Crippen LogP contribution in [-0.4, -0.2) is 126 Å². The Morgan fingerprint density at radius 3 is 1.25 bits per heavy atom. The molecular weight excluding hydrogens is 969 g/mol. The lowest BCUT2D eigenvalue weighted by Crippen LogP contribution is -2.52. The average Bonchev–Trinajstić information content (AvgIpc) is 3.02. The first kappa shape index (κ1) is 59.4. The van der Waals surface area contributed by atoms with E-state index in [1.54, 1.807) is 55.4 Å². The predicted molar refractivity (Wildman–Crippen MR) is 247 cm³/mol. The molecule has 6 atom stereocenters. The van der Waals surface area contributed by atoms with E-state index in [9.17, 15) is 60.6 Å². The van der Waals surface area contributed by atoms with Gasteiger partial charge in [-0.1, -0.05) is 55.4 Å². The zero-order valence-electron chi connectivity index (χ0n) is 37.3. The number of nitrogens with zero attached hydrogens (tertiary/aromatic N) is 1. The largest absolute Gasteiger partial charge is 0.269 e. The molecule has 1 aromatic carbocycles. The first-order chi connectivity index (χ1) is 28.4. The van der Waals surface area contributed by atoms with Gasteiger partial charge in [-0.15, -0.1) is 0 Å². The van der Waals surface area contributed by atoms with E-state index in [2.05, 4.69) is 28.3 Å². The minimum absolute atomic E-state index is 0.0376. The van der Waals surface area contributed by atoms with Crippen LogP contribution in [0, 0.1) is 33.8 Å². The molecule has 0 heterocycles. The minimum atomic E-state index is -4.41. The lowest BCUT2D eigenvalue weighted by molar-refractivity contribution is -0.384. The fourth-order valence-electron chi connectivity index (χ4n) is 6.28. The third-order valence-electron chi connectivity index (χ3n) is 8.87. The molecule has 0 aliphatic heterocycles. The van der Waals surface area contributed by atoms with Crippen LogP contribution < -0.4 is 33.5 Å². The predicted octanol–water partition coefficient (Wildman–Crippen LogP) is 0.733. The third-order valence-corrected chi connectivity index (χ3v) is 18.6. The molecule has 8 N–H and O–H groups in total. The summed E-state index contributed by atoms with van der Waals surface area (Å²) in [5.41, 5.74) is -0.105. The van der Waals surface area contributed by atoms with E-state index in [1.165, 1.54) is 38.1 Å². The van der Waals surface area contributed by atoms with Crippen LogP contribution in [0.2, 0.25) is 0 Å². The van der Waals surface area contributed by atoms with Gasteiger partial charge in [-0.2, -0.15) is 0 Å². The second-order valence-corrected chi connectivity index (χ2v) is 29.0. The highest BCUT2D eigenvalue weighted by Crippen LogP contribution is 2.21. The van der Waals surface area contributed by atoms with Crippen LogP contribution in [0.1, 0.15) is 82.1 Å². The van der Waals surface area contributed by atoms with Gasteiger partial charge in [0.05, 0.1) is 39.4 Å². The molecule has 0 bridgehead atoms. The lowest BCUT2D eigenvalue weighted by Gasteiger charge is -2.26. The first-order valence-electron chi connectivity index (χ1n) is 20.1. The Kier molecular flexibility index (Phi) is 23.5. The van der Waals surface area contributed by atoms with E-state index >= 15 is 0 Å². The smallest absolute Gasteiger partial charge is 0.258 e. The molecule has 0 fully saturated rings. The fraction of sp³-hybridized carbons (Fsp3) is 0.824. The molecule has 1 rings (SSSR count). The Labute approximate surface area is 380 Å². The topological polar surface area (TPSA) is 346 Å². The highest BCUT2D eigenvalue weighted by molar-refractivity contribution is 7.97. The van der Waals surface area contributed by atoms with Crippen molar-refractivity contribution in [2.75, 3.05) is 34.5 Å². The molecule has 63 heavy (non-hydrogen) atoms. The zero-order chi connectivity index (χ0) is 48.9. The number of sulfonamides is 6. The lowest BCUT2D eigenvalue weighted by atomic mass is 10.1. The van der Waals surface area contributed by atoms with Crippen LogP contribution in [0.4, 0.5) is 5.69 Å². The highest BCUT2D eigenvalue weighted by atomic mass is 32.2. The molecule has 0 radical (unpaired) electrons. The molecule has 0 aliphatic rings. The Hall–Kier alpha value is -1.61. The van der Waals surface area contributed by atoms with Crippen LogP contribution >= 0.6 is 11.9 Å². The van der Waals surface area contributed by atoms with Gasteiger partial charge in [-0.05, 0) is 74.4 Å². The normalized spacial score (nSPS) is 16.6. The van der Waals surface area contributed by atoms with Crippen molar-refractivity contribution >= 4 is 77.8 Å². The van der Waals surface area contributed by atoms with Gasteiger partial charge < -0.3 is 0 Å². The average molecular weight is 1040 g/mol. The van der Waals surface area contributed by atoms with Gasteiger partial charge >= 0.3 is 0 Å². The van der Waals surface area contributed by atoms with Gasteiger partial charge in [0.1, 0.15) is 0 Å². The van der Waals surface area contributed by atoms with Crippen molar-refractivity contribution in [2.24, 2.45) is 28.8 Å². The van der Waals surface area contributed by atoms with Crippen molar-refractivity contribution in [1.29, 1.82) is 0 Å². The number of hydrogen-bond acceptors (Lipinski definition) is 16. The number of primary sulfonamides is 1. The molecule has 0 amide bonds. The molecule has 0 unspecified atom stereocenters. The summed E-state index contributed by atoms with van der Waals surface area (Å²) in [5.74, 6) is -5.40. The van der Waals surface area contributed by atoms with Gasteiger partial charge in [0.25, 0.3) is 5.69 Å². The fourth-order valence-corrected chi connectivity index (χ4v) is 16.8. The van der Waals surface area contributed by atoms with Crippen molar-refractivity contribution in [1.82, 2.24) is 28.3 Å². The van der Waals surface area contributed by atoms with Crippen molar-refractivity contribution in [3.05, 3.63) is 34.4 Å². The second kappa shape index (κ2) is 25.0. The quantitative estimate of drug-likeness (QED) is 0.0297. The molecule has 29 heteroatoms. The number of non-ortho nitro benzene ring substituents is 1. The molecular formula is C34H68N8O14S7. The Morgan fingerprint density at radius 1 is 0.524 bits per heavy atom. The van der Waals surface area contributed by atoms with Crippen molar-refractivity contribution < 1.29 is 55.4 Å². The SMILES string of the molecule is CC(C)C[C@@H](CS(=O)(=O)N[C@H](CS(=O)(=O)N[C@@H](C)CS(=O)(=O)N[C@@H](CC(C)C)CS(N)(=O)=O)C(C)C)NS(=O)(=O)C[C@H](C)NS(=O)(=O)C[C@@H](NSc1ccc([N+](=O)[O-])cc1)C(C)C. The first-order valence-corrected chi connectivity index (χ1v) is 30.9. The summed E-state index contributed by atoms with van der Waals surface area (Å²) in [4.78, 5) is 11.0. The number of hydrogen-bond donors (Lipinski definition) is 7. The third kappa shape index (κ3) is 26.4. The number of rotatable bonds is 32. The van der Waals surface area contributed by atoms with E-state index in [1.807, 2.05) is 0 Å². The van der Waals surface area contributed by atoms with Crippen molar-refractivity contribution in [3.8, 4) is 0 Å². The molecule has 0 saturated carbocycles. The van der Waals surface area contributed by atoms with E-state index in [-0.39, 0.29) is 36.3 Å². The molecule has 22 nitrogen and oxygen atoms in total. The van der Waals surface area contributed by atoms with Crippen LogP contribution in [0.3, 0.4) is 0 Å². The summed E-state index contributed by atoms with van der Waals surface area (Å²) in [6.45, 7) is 16.2. The van der Waals surface area contributed by atoms with Crippen LogP contribution in [0.15, 0.2) is 29.2 Å². The van der Waals surface area contributed by atoms with E-state index in [0.717, 1.165) is 11.9 Å². The van der Waals surface area contributed by atoms with Gasteiger partial charge in [0.2, 0.25) is 60.1 Å². The van der Waals surface area contributed by atoms with Gasteiger partial charge in [0, 0.05) is 53.3 Å². The maximum Gasteiger partial charge on any atom is 0.269 e. The second-order valence-electron chi connectivity index (χ2n) is 17.5. The monoisotopic (exact) mass is 1040 g/mol. The Bertz CT molecular complexity index is 2300. The number of nitrogens with two attached hydrogens (primary N) is 1. The number of nitro groups is 1. The van der Waals surface area contributed by atoms with E-state index < -0.39 is 142 Å². The summed E-state index contributed by atoms with van der Waals surface area (Å²) in [5, 5.41) is 16.1. The van der Waals surface area contributed by atoms with Crippen LogP contribution in [0.5, 0.6) is 0 Å². The number of benzene rings is 1. The van der Waals surface area contributed by atoms with Crippen LogP contribution in [-0.2, 0) is 60.1 Å². The molecule has 370 valence electrons. The summed E-state index contributed by atoms with van der Waals surface area (Å²) < 4.78 is 170. The van der Waals surface area contributed by atoms with Gasteiger partial charge in [-0.3, -0.25) is 14.8 Å². The molecule has 0 saturated heterocycles. The maximum absolute atomic E-state index is 13.5. The minimum Gasteiger partial charge on any atom is -0.258 e. The summed E-state index contributed by atoms with van der Waals surface area (Å²) in [6.07, 6.45) is 0.177. The van der Waals surface area contributed by atoms with Gasteiger partial charge in [-0.25, -0.2) is 79.3 Å². The molecule has 0 aromatic heterocycles. The van der Waals surface area contributed by atoms with Crippen LogP contribution in [0.25, 0.3) is 0 Å². The summed E-state index contributed by atoms with van der Waals surface area (Å²) in [6, 6.07) is -0.894. The summed E-state index contributed by atoms with van der Waals surface area (Å²) in [7, 11) is -25.5. The highest BCUT2D eigenvalue weighted by Gasteiger charge is 2.33. The Balaban J connectivity index is 3.01. The maximum atomic E-state index is 13.5. The van der Waals surface area contributed by atoms with Crippen molar-refractivity contribution in [2.45, 2.75) is 123 Å². The van der Waals surface area contributed by atoms with E-state index in [4.69, 9.17) is 5.14 Å². The van der Waals surface area contributed by atoms with Crippen molar-refractivity contribution in [3.63, 3.8) is 0 Å². The standard InChI is InChI=1S/C34H68N8O14S7/c1-23(2)15-29(19-58(35,45)46)39-59(47,48)17-28(10)38-63(55,56)22-34(26(7)8)41-61(51,52)20-30(16-24(3)4)40-60(49,50)18-27(9)37-62(53,54)21-33(25(5)6)36-57-32-13-11-31(12-14-32)42(43)44/h11-14,23-30,33-34,36-41H,15-22H2,1-10H3,(H2,35,45,46)/t27-,28-,29-,30-,33+,34+/m0/s1. The zero-order valence-corrected chi connectivity index (χ0v) is 43.1. The molecule has 0 aliphatic carbocycles. The Morgan fingerprint density at radius 2 is 0.889 bits per heavy atom. The van der Waals surface area contributed by atoms with Gasteiger partial charge in [0.15, 0.2) is 0 Å².